The Morgan fingerprint density at radius 2 is 1.67 bits per heavy atom. The Balaban J connectivity index is 2.69. The molecule has 1 rings (SSSR count). The van der Waals surface area contributed by atoms with Crippen LogP contribution in [0.25, 0.3) is 0 Å². The summed E-state index contributed by atoms with van der Waals surface area (Å²) in [5.41, 5.74) is -0.206. The van der Waals surface area contributed by atoms with Gasteiger partial charge in [-0.3, -0.25) is 4.21 Å². The van der Waals surface area contributed by atoms with Crippen molar-refractivity contribution in [2.45, 2.75) is 37.7 Å². The Hall–Kier alpha value is -0.820. The fraction of sp³-hybridized carbons (Fsp3) is 0.571. The number of hydrogen-bond acceptors (Lipinski definition) is 3. The van der Waals surface area contributed by atoms with Crippen LogP contribution in [0.15, 0.2) is 18.2 Å². The highest BCUT2D eigenvalue weighted by atomic mass is 32.2. The summed E-state index contributed by atoms with van der Waals surface area (Å²) in [4.78, 5) is 0. The van der Waals surface area contributed by atoms with Gasteiger partial charge >= 0.3 is 0 Å². The molecular formula is C14H20F2O3S2. The molecule has 0 N–H and O–H groups in total. The van der Waals surface area contributed by atoms with Crippen LogP contribution < -0.4 is 0 Å². The third kappa shape index (κ3) is 4.85. The molecule has 0 amide bonds. The molecule has 0 aliphatic carbocycles. The van der Waals surface area contributed by atoms with E-state index >= 15 is 0 Å². The summed E-state index contributed by atoms with van der Waals surface area (Å²) in [6.07, 6.45) is 0.216. The minimum absolute atomic E-state index is 0.0666. The molecular weight excluding hydrogens is 318 g/mol. The van der Waals surface area contributed by atoms with Gasteiger partial charge in [0.15, 0.2) is 9.84 Å². The number of benzene rings is 1. The Kier molecular flexibility index (Phi) is 6.46. The Morgan fingerprint density at radius 3 is 2.14 bits per heavy atom. The molecule has 21 heavy (non-hydrogen) atoms. The van der Waals surface area contributed by atoms with E-state index in [9.17, 15) is 21.4 Å². The molecule has 1 aromatic rings. The highest BCUT2D eigenvalue weighted by Gasteiger charge is 2.22. The summed E-state index contributed by atoms with van der Waals surface area (Å²) < 4.78 is 62.6. The van der Waals surface area contributed by atoms with E-state index in [1.165, 1.54) is 13.0 Å². The third-order valence-electron chi connectivity index (χ3n) is 3.29. The van der Waals surface area contributed by atoms with E-state index in [1.807, 2.05) is 0 Å². The van der Waals surface area contributed by atoms with Crippen molar-refractivity contribution in [2.24, 2.45) is 0 Å². The average molecular weight is 338 g/mol. The van der Waals surface area contributed by atoms with Crippen molar-refractivity contribution >= 4 is 20.6 Å². The predicted molar refractivity (Wildman–Crippen MR) is 81.3 cm³/mol. The smallest absolute Gasteiger partial charge is 0.152 e. The van der Waals surface area contributed by atoms with Gasteiger partial charge in [-0.2, -0.15) is 0 Å². The van der Waals surface area contributed by atoms with Crippen molar-refractivity contribution in [1.82, 2.24) is 0 Å². The summed E-state index contributed by atoms with van der Waals surface area (Å²) in [7, 11) is -4.71. The normalized spacial score (nSPS) is 15.1. The summed E-state index contributed by atoms with van der Waals surface area (Å²) in [6, 6.07) is 3.49. The molecule has 7 heteroatoms. The topological polar surface area (TPSA) is 51.2 Å². The van der Waals surface area contributed by atoms with Crippen molar-refractivity contribution in [1.29, 1.82) is 0 Å². The van der Waals surface area contributed by atoms with Gasteiger partial charge in [0.05, 0.1) is 16.3 Å². The molecule has 0 saturated heterocycles. The van der Waals surface area contributed by atoms with Crippen molar-refractivity contribution in [3.63, 3.8) is 0 Å². The fourth-order valence-electron chi connectivity index (χ4n) is 1.85. The van der Waals surface area contributed by atoms with E-state index in [1.54, 1.807) is 13.8 Å². The zero-order chi connectivity index (χ0) is 16.2. The quantitative estimate of drug-likeness (QED) is 0.768. The molecule has 2 atom stereocenters. The van der Waals surface area contributed by atoms with Crippen molar-refractivity contribution in [3.05, 3.63) is 35.4 Å². The molecule has 0 aromatic heterocycles. The maximum atomic E-state index is 13.6. The minimum atomic E-state index is -3.18. The van der Waals surface area contributed by atoms with Crippen LogP contribution in [0.5, 0.6) is 0 Å². The number of halogens is 2. The maximum Gasteiger partial charge on any atom is 0.152 e. The van der Waals surface area contributed by atoms with Gasteiger partial charge in [-0.05, 0) is 39.3 Å². The lowest BCUT2D eigenvalue weighted by Crippen LogP contribution is -2.20. The van der Waals surface area contributed by atoms with Crippen LogP contribution in [0.4, 0.5) is 8.78 Å². The lowest BCUT2D eigenvalue weighted by molar-refractivity contribution is 0.553. The monoisotopic (exact) mass is 338 g/mol. The van der Waals surface area contributed by atoms with Crippen molar-refractivity contribution in [2.75, 3.05) is 11.5 Å². The zero-order valence-electron chi connectivity index (χ0n) is 12.3. The van der Waals surface area contributed by atoms with Gasteiger partial charge in [0.25, 0.3) is 0 Å². The summed E-state index contributed by atoms with van der Waals surface area (Å²) in [5, 5.41) is -1.29. The fourth-order valence-corrected chi connectivity index (χ4v) is 4.32. The molecule has 0 aliphatic heterocycles. The molecule has 0 fully saturated rings. The minimum Gasteiger partial charge on any atom is -0.259 e. The highest BCUT2D eigenvalue weighted by molar-refractivity contribution is 7.92. The SMILES string of the molecule is CC(C)S(=O)(=O)CCC[S@](=O)[C@@H](C)c1c(F)cccc1F. The van der Waals surface area contributed by atoms with Crippen LogP contribution in [0, 0.1) is 11.6 Å². The second kappa shape index (κ2) is 7.45. The van der Waals surface area contributed by atoms with E-state index in [2.05, 4.69) is 0 Å². The summed E-state index contributed by atoms with van der Waals surface area (Å²) >= 11 is 0. The van der Waals surface area contributed by atoms with Crippen LogP contribution in [0.3, 0.4) is 0 Å². The first-order chi connectivity index (χ1) is 9.66. The van der Waals surface area contributed by atoms with Gasteiger partial charge in [0, 0.05) is 22.1 Å². The second-order valence-electron chi connectivity index (χ2n) is 5.13. The Morgan fingerprint density at radius 1 is 1.14 bits per heavy atom. The number of rotatable bonds is 7. The molecule has 0 heterocycles. The first kappa shape index (κ1) is 18.2. The van der Waals surface area contributed by atoms with Crippen LogP contribution in [-0.2, 0) is 20.6 Å². The molecule has 0 spiro atoms. The van der Waals surface area contributed by atoms with Crippen molar-refractivity contribution in [3.8, 4) is 0 Å². The largest absolute Gasteiger partial charge is 0.259 e. The van der Waals surface area contributed by atoms with Gasteiger partial charge in [0.2, 0.25) is 0 Å². The van der Waals surface area contributed by atoms with Crippen LogP contribution in [-0.4, -0.2) is 29.4 Å². The van der Waals surface area contributed by atoms with Gasteiger partial charge in [-0.25, -0.2) is 17.2 Å². The van der Waals surface area contributed by atoms with Gasteiger partial charge in [0.1, 0.15) is 11.6 Å². The molecule has 120 valence electrons. The van der Waals surface area contributed by atoms with E-state index in [0.717, 1.165) is 12.1 Å². The van der Waals surface area contributed by atoms with Crippen LogP contribution in [0.1, 0.15) is 38.0 Å². The van der Waals surface area contributed by atoms with Gasteiger partial charge < -0.3 is 0 Å². The molecule has 0 aliphatic rings. The Labute approximate surface area is 127 Å². The van der Waals surface area contributed by atoms with E-state index in [0.29, 0.717) is 0 Å². The molecule has 1 aromatic carbocycles. The predicted octanol–water partition coefficient (Wildman–Crippen LogP) is 2.99. The van der Waals surface area contributed by atoms with Gasteiger partial charge in [-0.15, -0.1) is 0 Å². The molecule has 0 radical (unpaired) electrons. The van der Waals surface area contributed by atoms with Gasteiger partial charge in [-0.1, -0.05) is 6.07 Å². The Bertz CT molecular complexity index is 592. The number of sulfone groups is 1. The summed E-state index contributed by atoms with van der Waals surface area (Å²) in [5.74, 6) is -1.43. The van der Waals surface area contributed by atoms with E-state index in [4.69, 9.17) is 0 Å². The lowest BCUT2D eigenvalue weighted by atomic mass is 10.1. The molecule has 0 unspecified atom stereocenters. The molecule has 3 nitrogen and oxygen atoms in total. The van der Waals surface area contributed by atoms with Crippen LogP contribution >= 0.6 is 0 Å². The van der Waals surface area contributed by atoms with E-state index in [-0.39, 0.29) is 23.5 Å². The van der Waals surface area contributed by atoms with Crippen LogP contribution in [0.2, 0.25) is 0 Å². The second-order valence-corrected chi connectivity index (χ2v) is 9.69. The highest BCUT2D eigenvalue weighted by Crippen LogP contribution is 2.25. The van der Waals surface area contributed by atoms with Crippen molar-refractivity contribution < 1.29 is 21.4 Å². The first-order valence-corrected chi connectivity index (χ1v) is 9.79. The maximum absolute atomic E-state index is 13.6. The average Bonchev–Trinajstić information content (AvgIpc) is 2.37. The molecule has 0 saturated carbocycles. The number of hydrogen-bond donors (Lipinski definition) is 0. The van der Waals surface area contributed by atoms with E-state index < -0.39 is 42.8 Å². The lowest BCUT2D eigenvalue weighted by Gasteiger charge is -2.14. The first-order valence-electron chi connectivity index (χ1n) is 6.69. The molecule has 0 bridgehead atoms. The standard InChI is InChI=1S/C14H20F2O3S2/c1-10(2)21(18,19)9-5-8-20(17)11(3)14-12(15)6-4-7-13(14)16/h4,6-7,10-11H,5,8-9H2,1-3H3/t11-,20-/m0/s1. The third-order valence-corrected chi connectivity index (χ3v) is 7.30. The zero-order valence-corrected chi connectivity index (χ0v) is 13.9. The summed E-state index contributed by atoms with van der Waals surface area (Å²) in [6.45, 7) is 4.65.